The molecule has 0 fully saturated rings. The van der Waals surface area contributed by atoms with E-state index >= 15 is 0 Å². The first-order valence-electron chi connectivity index (χ1n) is 8.11. The second kappa shape index (κ2) is 7.26. The molecule has 3 rings (SSSR count). The Kier molecular flexibility index (Phi) is 4.88. The highest BCUT2D eigenvalue weighted by molar-refractivity contribution is 6.06. The zero-order valence-electron chi connectivity index (χ0n) is 14.8. The van der Waals surface area contributed by atoms with Gasteiger partial charge in [-0.3, -0.25) is 14.2 Å². The Balaban J connectivity index is 2.03. The third kappa shape index (κ3) is 3.11. The molecule has 1 amide bonds. The van der Waals surface area contributed by atoms with Crippen LogP contribution >= 0.6 is 0 Å². The molecule has 2 aromatic heterocycles. The van der Waals surface area contributed by atoms with Crippen molar-refractivity contribution in [1.82, 2.24) is 9.55 Å². The van der Waals surface area contributed by atoms with E-state index in [-0.39, 0.29) is 11.1 Å². The van der Waals surface area contributed by atoms with Gasteiger partial charge in [-0.2, -0.15) is 0 Å². The standard InChI is InChI=1S/C19H19N3O4/c1-4-22-17-12(6-5-9-20-17)10-14(19(22)24)18(23)21-15-8-7-13(25-2)11-16(15)26-3/h5-11H,4H2,1-3H3,(H,21,23). The average Bonchev–Trinajstić information content (AvgIpc) is 2.67. The normalized spacial score (nSPS) is 10.6. The number of aryl methyl sites for hydroxylation is 1. The smallest absolute Gasteiger partial charge is 0.265 e. The van der Waals surface area contributed by atoms with Crippen molar-refractivity contribution in [1.29, 1.82) is 0 Å². The highest BCUT2D eigenvalue weighted by Gasteiger charge is 2.17. The van der Waals surface area contributed by atoms with E-state index in [9.17, 15) is 9.59 Å². The first kappa shape index (κ1) is 17.5. The molecule has 0 spiro atoms. The molecule has 2 heterocycles. The SMILES string of the molecule is CCn1c(=O)c(C(=O)Nc2ccc(OC)cc2OC)cc2cccnc21. The van der Waals surface area contributed by atoms with Crippen molar-refractivity contribution in [3.8, 4) is 11.5 Å². The molecule has 0 unspecified atom stereocenters. The van der Waals surface area contributed by atoms with Gasteiger partial charge in [0.25, 0.3) is 11.5 Å². The number of rotatable bonds is 5. The Hall–Kier alpha value is -3.35. The van der Waals surface area contributed by atoms with Crippen LogP contribution in [0.2, 0.25) is 0 Å². The minimum Gasteiger partial charge on any atom is -0.497 e. The second-order valence-corrected chi connectivity index (χ2v) is 5.54. The van der Waals surface area contributed by atoms with Crippen molar-refractivity contribution in [2.24, 2.45) is 0 Å². The van der Waals surface area contributed by atoms with Crippen LogP contribution in [0, 0.1) is 0 Å². The fraction of sp³-hybridized carbons (Fsp3) is 0.211. The van der Waals surface area contributed by atoms with Crippen molar-refractivity contribution in [3.63, 3.8) is 0 Å². The maximum Gasteiger partial charge on any atom is 0.265 e. The van der Waals surface area contributed by atoms with E-state index in [0.717, 1.165) is 5.39 Å². The van der Waals surface area contributed by atoms with Crippen LogP contribution in [-0.2, 0) is 6.54 Å². The predicted octanol–water partition coefficient (Wildman–Crippen LogP) is 2.69. The number of amides is 1. The van der Waals surface area contributed by atoms with E-state index in [1.54, 1.807) is 43.6 Å². The number of pyridine rings is 2. The topological polar surface area (TPSA) is 82.5 Å². The number of methoxy groups -OCH3 is 2. The number of carbonyl (C=O) groups excluding carboxylic acids is 1. The summed E-state index contributed by atoms with van der Waals surface area (Å²) in [4.78, 5) is 29.7. The lowest BCUT2D eigenvalue weighted by atomic mass is 10.1. The maximum absolute atomic E-state index is 12.7. The van der Waals surface area contributed by atoms with Gasteiger partial charge < -0.3 is 14.8 Å². The van der Waals surface area contributed by atoms with Gasteiger partial charge >= 0.3 is 0 Å². The highest BCUT2D eigenvalue weighted by Crippen LogP contribution is 2.29. The van der Waals surface area contributed by atoms with Crippen LogP contribution in [0.1, 0.15) is 17.3 Å². The molecule has 134 valence electrons. The molecule has 3 aromatic rings. The van der Waals surface area contributed by atoms with E-state index in [4.69, 9.17) is 9.47 Å². The Morgan fingerprint density at radius 3 is 2.69 bits per heavy atom. The van der Waals surface area contributed by atoms with E-state index in [2.05, 4.69) is 10.3 Å². The summed E-state index contributed by atoms with van der Waals surface area (Å²) in [5.74, 6) is 0.535. The molecule has 0 saturated heterocycles. The molecule has 7 heteroatoms. The van der Waals surface area contributed by atoms with Gasteiger partial charge in [0.05, 0.1) is 19.9 Å². The summed E-state index contributed by atoms with van der Waals surface area (Å²) in [6, 6.07) is 10.2. The molecule has 0 aliphatic carbocycles. The number of nitrogens with one attached hydrogen (secondary N) is 1. The third-order valence-electron chi connectivity index (χ3n) is 4.07. The summed E-state index contributed by atoms with van der Waals surface area (Å²) in [7, 11) is 3.04. The fourth-order valence-electron chi connectivity index (χ4n) is 2.75. The Morgan fingerprint density at radius 2 is 2.00 bits per heavy atom. The summed E-state index contributed by atoms with van der Waals surface area (Å²) < 4.78 is 11.9. The van der Waals surface area contributed by atoms with E-state index < -0.39 is 5.91 Å². The minimum absolute atomic E-state index is 0.0465. The van der Waals surface area contributed by atoms with Gasteiger partial charge in [0, 0.05) is 24.2 Å². The molecule has 0 aliphatic heterocycles. The lowest BCUT2D eigenvalue weighted by Gasteiger charge is -2.13. The number of nitrogens with zero attached hydrogens (tertiary/aromatic N) is 2. The van der Waals surface area contributed by atoms with Gasteiger partial charge in [-0.05, 0) is 37.3 Å². The monoisotopic (exact) mass is 353 g/mol. The molecule has 0 saturated carbocycles. The molecule has 7 nitrogen and oxygen atoms in total. The first-order chi connectivity index (χ1) is 12.6. The van der Waals surface area contributed by atoms with Crippen molar-refractivity contribution >= 4 is 22.6 Å². The summed E-state index contributed by atoms with van der Waals surface area (Å²) >= 11 is 0. The quantitative estimate of drug-likeness (QED) is 0.762. The largest absolute Gasteiger partial charge is 0.497 e. The fourth-order valence-corrected chi connectivity index (χ4v) is 2.75. The zero-order chi connectivity index (χ0) is 18.7. The van der Waals surface area contributed by atoms with Crippen LogP contribution in [0.15, 0.2) is 47.4 Å². The minimum atomic E-state index is -0.508. The van der Waals surface area contributed by atoms with Gasteiger partial charge in [0.15, 0.2) is 0 Å². The van der Waals surface area contributed by atoms with Gasteiger partial charge in [-0.15, -0.1) is 0 Å². The van der Waals surface area contributed by atoms with Crippen molar-refractivity contribution < 1.29 is 14.3 Å². The van der Waals surface area contributed by atoms with Gasteiger partial charge in [-0.1, -0.05) is 0 Å². The highest BCUT2D eigenvalue weighted by atomic mass is 16.5. The second-order valence-electron chi connectivity index (χ2n) is 5.54. The number of hydrogen-bond donors (Lipinski definition) is 1. The number of anilines is 1. The van der Waals surface area contributed by atoms with E-state index in [0.29, 0.717) is 29.4 Å². The number of benzene rings is 1. The van der Waals surface area contributed by atoms with Crippen LogP contribution in [0.25, 0.3) is 11.0 Å². The molecule has 0 aliphatic rings. The number of aromatic nitrogens is 2. The first-order valence-corrected chi connectivity index (χ1v) is 8.11. The van der Waals surface area contributed by atoms with E-state index in [1.807, 2.05) is 13.0 Å². The summed E-state index contributed by atoms with van der Waals surface area (Å²) in [5.41, 5.74) is 0.666. The lowest BCUT2D eigenvalue weighted by molar-refractivity contribution is 0.102. The van der Waals surface area contributed by atoms with Crippen molar-refractivity contribution in [3.05, 3.63) is 58.5 Å². The Bertz CT molecular complexity index is 1030. The summed E-state index contributed by atoms with van der Waals surface area (Å²) in [5, 5.41) is 3.46. The van der Waals surface area contributed by atoms with E-state index in [1.165, 1.54) is 11.7 Å². The number of carbonyl (C=O) groups is 1. The average molecular weight is 353 g/mol. The number of fused-ring (bicyclic) bond motifs is 1. The summed E-state index contributed by atoms with van der Waals surface area (Å²) in [6.45, 7) is 2.25. The molecule has 0 atom stereocenters. The van der Waals surface area contributed by atoms with Crippen LogP contribution in [0.5, 0.6) is 11.5 Å². The van der Waals surface area contributed by atoms with Crippen molar-refractivity contribution in [2.45, 2.75) is 13.5 Å². The Morgan fingerprint density at radius 1 is 1.19 bits per heavy atom. The summed E-state index contributed by atoms with van der Waals surface area (Å²) in [6.07, 6.45) is 1.62. The van der Waals surface area contributed by atoms with Crippen LogP contribution in [-0.4, -0.2) is 29.7 Å². The molecule has 26 heavy (non-hydrogen) atoms. The number of hydrogen-bond acceptors (Lipinski definition) is 5. The maximum atomic E-state index is 12.7. The third-order valence-corrected chi connectivity index (χ3v) is 4.07. The van der Waals surface area contributed by atoms with Gasteiger partial charge in [0.1, 0.15) is 22.7 Å². The molecule has 0 radical (unpaired) electrons. The molecule has 0 bridgehead atoms. The Labute approximate surface area is 150 Å². The van der Waals surface area contributed by atoms with Gasteiger partial charge in [0.2, 0.25) is 0 Å². The molecular weight excluding hydrogens is 334 g/mol. The molecular formula is C19H19N3O4. The lowest BCUT2D eigenvalue weighted by Crippen LogP contribution is -2.29. The van der Waals surface area contributed by atoms with Crippen molar-refractivity contribution in [2.75, 3.05) is 19.5 Å². The number of ether oxygens (including phenoxy) is 2. The van der Waals surface area contributed by atoms with Crippen LogP contribution in [0.3, 0.4) is 0 Å². The molecule has 1 aromatic carbocycles. The van der Waals surface area contributed by atoms with Crippen LogP contribution < -0.4 is 20.3 Å². The van der Waals surface area contributed by atoms with Gasteiger partial charge in [-0.25, -0.2) is 4.98 Å². The van der Waals surface area contributed by atoms with Crippen LogP contribution in [0.4, 0.5) is 5.69 Å². The molecule has 1 N–H and O–H groups in total. The predicted molar refractivity (Wildman–Crippen MR) is 99.2 cm³/mol. The zero-order valence-corrected chi connectivity index (χ0v) is 14.8.